The standard InChI is InChI=1S/C61H39NO/c1-3-19-43(20-4-1)61(44-21-5-2-6-22-44)54-30-14-13-27-53(54)58-47(28-15-31-55(58)61)41-33-36-45(37-34-41)62(57-39-42-18-8-9-23-46(42)49-25-11-12-26-50(49)57)56-32-16-29-51-52-38-35-40-17-7-10-24-48(40)59(52)63-60(51)56/h1-39H. The lowest BCUT2D eigenvalue weighted by atomic mass is 9.67. The molecule has 0 radical (unpaired) electrons. The average molecular weight is 802 g/mol. The summed E-state index contributed by atoms with van der Waals surface area (Å²) in [6.45, 7) is 0. The fraction of sp³-hybridized carbons (Fsp3) is 0.0164. The Bertz CT molecular complexity index is 3690. The third-order valence-electron chi connectivity index (χ3n) is 13.5. The molecule has 0 saturated heterocycles. The Morgan fingerprint density at radius 1 is 0.333 bits per heavy atom. The number of furan rings is 1. The zero-order chi connectivity index (χ0) is 41.5. The number of rotatable bonds is 6. The van der Waals surface area contributed by atoms with Gasteiger partial charge in [0.1, 0.15) is 5.58 Å². The van der Waals surface area contributed by atoms with Crippen molar-refractivity contribution in [2.75, 3.05) is 4.90 Å². The molecule has 0 bridgehead atoms. The SMILES string of the molecule is c1ccc(C2(c3ccccc3)c3ccccc3-c3c(-c4ccc(N(c5cc6ccccc6c6ccccc56)c5cccc6c5oc5c7ccccc7ccc65)cc4)cccc32)cc1. The van der Waals surface area contributed by atoms with Gasteiger partial charge in [-0.3, -0.25) is 0 Å². The van der Waals surface area contributed by atoms with E-state index in [-0.39, 0.29) is 0 Å². The number of anilines is 3. The first-order valence-electron chi connectivity index (χ1n) is 21.8. The molecule has 0 N–H and O–H groups in total. The van der Waals surface area contributed by atoms with Gasteiger partial charge in [-0.15, -0.1) is 0 Å². The van der Waals surface area contributed by atoms with E-state index in [0.717, 1.165) is 44.4 Å². The third-order valence-corrected chi connectivity index (χ3v) is 13.5. The predicted molar refractivity (Wildman–Crippen MR) is 264 cm³/mol. The van der Waals surface area contributed by atoms with Crippen LogP contribution in [0.4, 0.5) is 17.1 Å². The minimum Gasteiger partial charge on any atom is -0.453 e. The molecule has 0 atom stereocenters. The summed E-state index contributed by atoms with van der Waals surface area (Å²) in [4.78, 5) is 2.41. The van der Waals surface area contributed by atoms with Gasteiger partial charge in [0.25, 0.3) is 0 Å². The molecule has 13 rings (SSSR count). The zero-order valence-corrected chi connectivity index (χ0v) is 34.4. The lowest BCUT2D eigenvalue weighted by Crippen LogP contribution is -2.28. The van der Waals surface area contributed by atoms with Crippen molar-refractivity contribution in [1.29, 1.82) is 0 Å². The van der Waals surface area contributed by atoms with Gasteiger partial charge in [0.2, 0.25) is 0 Å². The van der Waals surface area contributed by atoms with Crippen LogP contribution in [0.5, 0.6) is 0 Å². The van der Waals surface area contributed by atoms with Gasteiger partial charge in [0, 0.05) is 27.2 Å². The van der Waals surface area contributed by atoms with Crippen LogP contribution in [0.2, 0.25) is 0 Å². The van der Waals surface area contributed by atoms with Crippen LogP contribution in [-0.2, 0) is 5.41 Å². The van der Waals surface area contributed by atoms with Crippen molar-refractivity contribution in [1.82, 2.24) is 0 Å². The maximum atomic E-state index is 7.05. The van der Waals surface area contributed by atoms with E-state index in [4.69, 9.17) is 4.42 Å². The Morgan fingerprint density at radius 2 is 0.905 bits per heavy atom. The van der Waals surface area contributed by atoms with Gasteiger partial charge in [-0.1, -0.05) is 206 Å². The van der Waals surface area contributed by atoms with E-state index < -0.39 is 5.41 Å². The topological polar surface area (TPSA) is 16.4 Å². The van der Waals surface area contributed by atoms with Crippen molar-refractivity contribution in [2.45, 2.75) is 5.41 Å². The van der Waals surface area contributed by atoms with Crippen LogP contribution in [-0.4, -0.2) is 0 Å². The molecule has 63 heavy (non-hydrogen) atoms. The lowest BCUT2D eigenvalue weighted by Gasteiger charge is -2.34. The number of fused-ring (bicyclic) bond motifs is 11. The van der Waals surface area contributed by atoms with E-state index in [0.29, 0.717) is 0 Å². The van der Waals surface area contributed by atoms with Gasteiger partial charge in [0.15, 0.2) is 5.58 Å². The maximum absolute atomic E-state index is 7.05. The molecule has 11 aromatic carbocycles. The summed E-state index contributed by atoms with van der Waals surface area (Å²) >= 11 is 0. The Kier molecular flexibility index (Phi) is 7.85. The smallest absolute Gasteiger partial charge is 0.159 e. The predicted octanol–water partition coefficient (Wildman–Crippen LogP) is 16.5. The van der Waals surface area contributed by atoms with Crippen LogP contribution >= 0.6 is 0 Å². The first-order valence-corrected chi connectivity index (χ1v) is 21.8. The molecular weight excluding hydrogens is 763 g/mol. The summed E-state index contributed by atoms with van der Waals surface area (Å²) in [5, 5.41) is 9.31. The van der Waals surface area contributed by atoms with Crippen LogP contribution < -0.4 is 4.90 Å². The molecule has 0 spiro atoms. The number of hydrogen-bond donors (Lipinski definition) is 0. The largest absolute Gasteiger partial charge is 0.453 e. The van der Waals surface area contributed by atoms with Gasteiger partial charge in [-0.05, 0) is 96.4 Å². The maximum Gasteiger partial charge on any atom is 0.159 e. The number of nitrogens with zero attached hydrogens (tertiary/aromatic N) is 1. The third kappa shape index (κ3) is 5.19. The molecule has 0 amide bonds. The fourth-order valence-corrected chi connectivity index (χ4v) is 10.8. The number of para-hydroxylation sites is 1. The van der Waals surface area contributed by atoms with E-state index in [1.807, 2.05) is 0 Å². The van der Waals surface area contributed by atoms with Gasteiger partial charge in [-0.25, -0.2) is 0 Å². The summed E-state index contributed by atoms with van der Waals surface area (Å²) in [7, 11) is 0. The second-order valence-electron chi connectivity index (χ2n) is 16.7. The van der Waals surface area contributed by atoms with E-state index in [1.165, 1.54) is 71.4 Å². The molecule has 2 heteroatoms. The molecule has 0 unspecified atom stereocenters. The second kappa shape index (κ2) is 13.9. The van der Waals surface area contributed by atoms with Crippen LogP contribution in [0.25, 0.3) is 76.5 Å². The molecule has 294 valence electrons. The van der Waals surface area contributed by atoms with Crippen LogP contribution in [0.3, 0.4) is 0 Å². The molecule has 0 fully saturated rings. The molecule has 12 aromatic rings. The van der Waals surface area contributed by atoms with Crippen LogP contribution in [0.1, 0.15) is 22.3 Å². The molecule has 0 aliphatic heterocycles. The Hall–Kier alpha value is -8.20. The quantitative estimate of drug-likeness (QED) is 0.156. The van der Waals surface area contributed by atoms with Crippen molar-refractivity contribution in [3.05, 3.63) is 259 Å². The van der Waals surface area contributed by atoms with E-state index in [1.54, 1.807) is 0 Å². The van der Waals surface area contributed by atoms with Crippen LogP contribution in [0, 0.1) is 0 Å². The van der Waals surface area contributed by atoms with Gasteiger partial charge in [-0.2, -0.15) is 0 Å². The van der Waals surface area contributed by atoms with Crippen molar-refractivity contribution < 1.29 is 4.42 Å². The highest BCUT2D eigenvalue weighted by Gasteiger charge is 2.46. The molecule has 1 aromatic heterocycles. The van der Waals surface area contributed by atoms with E-state index >= 15 is 0 Å². The molecule has 0 saturated carbocycles. The van der Waals surface area contributed by atoms with Crippen molar-refractivity contribution >= 4 is 71.3 Å². The van der Waals surface area contributed by atoms with Crippen molar-refractivity contribution in [3.63, 3.8) is 0 Å². The highest BCUT2D eigenvalue weighted by molar-refractivity contribution is 6.19. The number of hydrogen-bond acceptors (Lipinski definition) is 2. The molecule has 1 aliphatic carbocycles. The first-order chi connectivity index (χ1) is 31.3. The van der Waals surface area contributed by atoms with Crippen LogP contribution in [0.15, 0.2) is 241 Å². The molecule has 1 aliphatic rings. The van der Waals surface area contributed by atoms with Crippen molar-refractivity contribution in [2.24, 2.45) is 0 Å². The summed E-state index contributed by atoms with van der Waals surface area (Å²) < 4.78 is 7.05. The minimum absolute atomic E-state index is 0.463. The first kappa shape index (κ1) is 35.5. The molecule has 1 heterocycles. The Labute approximate surface area is 365 Å². The normalized spacial score (nSPS) is 12.9. The van der Waals surface area contributed by atoms with Gasteiger partial charge < -0.3 is 9.32 Å². The molecular formula is C61H39NO. The van der Waals surface area contributed by atoms with E-state index in [2.05, 4.69) is 241 Å². The summed E-state index contributed by atoms with van der Waals surface area (Å²) in [6.07, 6.45) is 0. The highest BCUT2D eigenvalue weighted by Crippen LogP contribution is 2.58. The number of benzene rings is 11. The fourth-order valence-electron chi connectivity index (χ4n) is 10.8. The zero-order valence-electron chi connectivity index (χ0n) is 34.4. The highest BCUT2D eigenvalue weighted by atomic mass is 16.3. The lowest BCUT2D eigenvalue weighted by molar-refractivity contribution is 0.673. The van der Waals surface area contributed by atoms with E-state index in [9.17, 15) is 0 Å². The summed E-state index contributed by atoms with van der Waals surface area (Å²) in [5.41, 5.74) is 14.5. The average Bonchev–Trinajstić information content (AvgIpc) is 3.90. The minimum atomic E-state index is -0.463. The van der Waals surface area contributed by atoms with Gasteiger partial charge >= 0.3 is 0 Å². The Morgan fingerprint density at radius 3 is 1.68 bits per heavy atom. The summed E-state index contributed by atoms with van der Waals surface area (Å²) in [5.74, 6) is 0. The monoisotopic (exact) mass is 801 g/mol. The second-order valence-corrected chi connectivity index (χ2v) is 16.7. The summed E-state index contributed by atoms with van der Waals surface area (Å²) in [6, 6.07) is 86.5. The Balaban J connectivity index is 1.04. The van der Waals surface area contributed by atoms with Crippen molar-refractivity contribution in [3.8, 4) is 22.3 Å². The van der Waals surface area contributed by atoms with Gasteiger partial charge in [0.05, 0.1) is 16.8 Å². The molecule has 2 nitrogen and oxygen atoms in total.